The quantitative estimate of drug-likeness (QED) is 0.0282. The first kappa shape index (κ1) is 47.1. The number of nitrogens with one attached hydrogen (secondary N) is 2. The summed E-state index contributed by atoms with van der Waals surface area (Å²) in [6, 6.07) is 16.0. The highest BCUT2D eigenvalue weighted by Gasteiger charge is 2.33. The summed E-state index contributed by atoms with van der Waals surface area (Å²) in [7, 11) is -5.17. The Bertz CT molecular complexity index is 2500. The normalized spacial score (nSPS) is 12.3. The molecule has 1 heterocycles. The van der Waals surface area contributed by atoms with Crippen LogP contribution in [0.1, 0.15) is 38.8 Å². The second-order valence-electron chi connectivity index (χ2n) is 12.9. The number of halogens is 6. The largest absolute Gasteiger partial charge is 0.416 e. The number of aliphatic hydroxyl groups is 1. The molecule has 0 atom stereocenters. The van der Waals surface area contributed by atoms with Gasteiger partial charge in [-0.3, -0.25) is 4.55 Å². The molecular weight excluding hydrogens is 865 g/mol. The van der Waals surface area contributed by atoms with Crippen molar-refractivity contribution in [2.75, 3.05) is 59.0 Å². The molecule has 1 aromatic heterocycles. The van der Waals surface area contributed by atoms with Crippen molar-refractivity contribution in [1.82, 2.24) is 15.0 Å². The lowest BCUT2D eigenvalue weighted by Gasteiger charge is -2.22. The van der Waals surface area contributed by atoms with Gasteiger partial charge in [0.1, 0.15) is 22.0 Å². The predicted octanol–water partition coefficient (Wildman–Crippen LogP) is 11.3. The van der Waals surface area contributed by atoms with Crippen LogP contribution in [-0.2, 0) is 22.5 Å². The minimum Gasteiger partial charge on any atom is -0.396 e. The van der Waals surface area contributed by atoms with E-state index >= 15 is 0 Å². The van der Waals surface area contributed by atoms with Crippen molar-refractivity contribution in [3.63, 3.8) is 0 Å². The first-order chi connectivity index (χ1) is 29.4. The number of hydrogen-bond donors (Lipinski definition) is 4. The highest BCUT2D eigenvalue weighted by Crippen LogP contribution is 2.39. The Hall–Kier alpha value is -5.91. The lowest BCUT2D eigenvalue weighted by Crippen LogP contribution is -2.21. The molecular formula is C39H41F6N11O4S2. The molecule has 0 unspecified atom stereocenters. The van der Waals surface area contributed by atoms with Gasteiger partial charge in [-0.2, -0.15) is 54.8 Å². The van der Waals surface area contributed by atoms with Crippen LogP contribution in [0, 0.1) is 0 Å². The molecule has 0 fully saturated rings. The number of benzene rings is 4. The summed E-state index contributed by atoms with van der Waals surface area (Å²) >= 11 is 1.10. The van der Waals surface area contributed by atoms with E-state index in [1.54, 1.807) is 24.3 Å². The Morgan fingerprint density at radius 3 is 1.53 bits per heavy atom. The van der Waals surface area contributed by atoms with E-state index < -0.39 is 44.2 Å². The number of anilines is 6. The molecule has 0 aliphatic heterocycles. The van der Waals surface area contributed by atoms with Crippen LogP contribution in [0.3, 0.4) is 0 Å². The topological polar surface area (TPSA) is 193 Å². The molecule has 0 bridgehead atoms. The molecule has 0 saturated carbocycles. The van der Waals surface area contributed by atoms with Gasteiger partial charge in [-0.25, -0.2) is 0 Å². The highest BCUT2D eigenvalue weighted by atomic mass is 32.2. The molecule has 0 spiro atoms. The number of rotatable bonds is 18. The van der Waals surface area contributed by atoms with Crippen LogP contribution in [0.5, 0.6) is 0 Å². The molecule has 4 aromatic carbocycles. The predicted molar refractivity (Wildman–Crippen MR) is 225 cm³/mol. The zero-order valence-electron chi connectivity index (χ0n) is 33.6. The summed E-state index contributed by atoms with van der Waals surface area (Å²) < 4.78 is 114. The van der Waals surface area contributed by atoms with Gasteiger partial charge in [-0.05, 0) is 107 Å². The SMILES string of the molecule is CCN(CC)c1ccc(/N=N/c2ccc(C(F)(F)F)cc2)c(Nc2nc(Nc3cc(N(CC)CC)ccc3/N=N/c3ccc(C(F)(F)F)cc3S(=O)(=O)O)nc(SCCO)n2)c1. The lowest BCUT2D eigenvalue weighted by molar-refractivity contribution is -0.138. The Morgan fingerprint density at radius 1 is 0.629 bits per heavy atom. The van der Waals surface area contributed by atoms with E-state index in [0.717, 1.165) is 35.6 Å². The number of azo groups is 2. The van der Waals surface area contributed by atoms with E-state index in [4.69, 9.17) is 0 Å². The minimum atomic E-state index is -5.17. The molecule has 0 amide bonds. The summed E-state index contributed by atoms with van der Waals surface area (Å²) in [6.45, 7) is 10.1. The number of nitrogens with zero attached hydrogens (tertiary/aromatic N) is 9. The monoisotopic (exact) mass is 905 g/mol. The standard InChI is InChI=1S/C39H41F6N11O4S2/c1-5-55(6-2)27-14-17-29(52-51-26-12-9-24(10-13-26)38(40,41)42)32(22-27)46-35-48-36(50-37(49-35)61-20-19-57)47-33-23-28(56(7-3)8-4)15-18-30(33)53-54-31-16-11-25(39(43,44)45)21-34(31)62(58,59)60/h9-18,21-23,57H,5-8,19-20H2,1-4H3,(H,58,59,60)(H2,46,47,48,49,50)/b52-51+,54-53+. The summed E-state index contributed by atoms with van der Waals surface area (Å²) in [5, 5.41) is 32.5. The fourth-order valence-corrected chi connectivity index (χ4v) is 7.05. The van der Waals surface area contributed by atoms with Crippen LogP contribution < -0.4 is 20.4 Å². The van der Waals surface area contributed by atoms with Crippen molar-refractivity contribution in [2.45, 2.75) is 50.1 Å². The van der Waals surface area contributed by atoms with Gasteiger partial charge in [0.05, 0.1) is 34.8 Å². The molecule has 0 aliphatic rings. The zero-order valence-corrected chi connectivity index (χ0v) is 35.2. The van der Waals surface area contributed by atoms with Crippen LogP contribution in [0.25, 0.3) is 0 Å². The Labute approximate surface area is 357 Å². The third-order valence-corrected chi connectivity index (χ3v) is 10.7. The average Bonchev–Trinajstić information content (AvgIpc) is 3.22. The van der Waals surface area contributed by atoms with Crippen LogP contribution >= 0.6 is 11.8 Å². The van der Waals surface area contributed by atoms with Gasteiger partial charge in [-0.1, -0.05) is 11.8 Å². The van der Waals surface area contributed by atoms with E-state index in [2.05, 4.69) is 50.9 Å². The maximum atomic E-state index is 13.4. The molecule has 0 aliphatic carbocycles. The number of hydrogen-bond acceptors (Lipinski definition) is 15. The molecule has 0 radical (unpaired) electrons. The smallest absolute Gasteiger partial charge is 0.396 e. The van der Waals surface area contributed by atoms with Crippen molar-refractivity contribution in [3.05, 3.63) is 90.0 Å². The maximum Gasteiger partial charge on any atom is 0.416 e. The van der Waals surface area contributed by atoms with Crippen LogP contribution in [0.15, 0.2) is 109 Å². The fourth-order valence-electron chi connectivity index (χ4n) is 5.82. The Balaban J connectivity index is 1.59. The van der Waals surface area contributed by atoms with Gasteiger partial charge < -0.3 is 25.5 Å². The van der Waals surface area contributed by atoms with Crippen LogP contribution in [0.2, 0.25) is 0 Å². The number of alkyl halides is 6. The summed E-state index contributed by atoms with van der Waals surface area (Å²) in [4.78, 5) is 16.6. The zero-order chi connectivity index (χ0) is 45.2. The van der Waals surface area contributed by atoms with Gasteiger partial charge in [0, 0.05) is 43.3 Å². The molecule has 62 heavy (non-hydrogen) atoms. The van der Waals surface area contributed by atoms with Gasteiger partial charge >= 0.3 is 12.4 Å². The third kappa shape index (κ3) is 12.4. The third-order valence-electron chi connectivity index (χ3n) is 8.95. The lowest BCUT2D eigenvalue weighted by atomic mass is 10.2. The maximum absolute atomic E-state index is 13.4. The van der Waals surface area contributed by atoms with E-state index in [-0.39, 0.29) is 58.2 Å². The van der Waals surface area contributed by atoms with Crippen molar-refractivity contribution < 1.29 is 44.4 Å². The molecule has 5 aromatic rings. The number of thioether (sulfide) groups is 1. The van der Waals surface area contributed by atoms with Crippen LogP contribution in [-0.4, -0.2) is 71.6 Å². The number of aromatic nitrogens is 3. The van der Waals surface area contributed by atoms with Gasteiger partial charge in [0.25, 0.3) is 10.1 Å². The van der Waals surface area contributed by atoms with E-state index in [9.17, 15) is 44.4 Å². The molecule has 4 N–H and O–H groups in total. The first-order valence-corrected chi connectivity index (χ1v) is 21.3. The Kier molecular flexibility index (Phi) is 15.4. The summed E-state index contributed by atoms with van der Waals surface area (Å²) in [6.07, 6.45) is -9.43. The summed E-state index contributed by atoms with van der Waals surface area (Å²) in [5.41, 5.74) is -0.111. The van der Waals surface area contributed by atoms with Gasteiger partial charge in [0.15, 0.2) is 5.16 Å². The van der Waals surface area contributed by atoms with E-state index in [1.807, 2.05) is 38.7 Å². The second-order valence-corrected chi connectivity index (χ2v) is 15.4. The van der Waals surface area contributed by atoms with Crippen molar-refractivity contribution in [2.24, 2.45) is 20.5 Å². The molecule has 23 heteroatoms. The van der Waals surface area contributed by atoms with Gasteiger partial charge in [0.2, 0.25) is 11.9 Å². The first-order valence-electron chi connectivity index (χ1n) is 18.9. The fraction of sp³-hybridized carbons (Fsp3) is 0.308. The second kappa shape index (κ2) is 20.3. The van der Waals surface area contributed by atoms with E-state index in [0.29, 0.717) is 43.6 Å². The molecule has 5 rings (SSSR count). The minimum absolute atomic E-state index is 0.00348. The summed E-state index contributed by atoms with van der Waals surface area (Å²) in [5.74, 6) is 0.154. The number of aliphatic hydroxyl groups excluding tert-OH is 1. The van der Waals surface area contributed by atoms with Crippen molar-refractivity contribution >= 4 is 79.3 Å². The molecule has 15 nitrogen and oxygen atoms in total. The molecule has 0 saturated heterocycles. The van der Waals surface area contributed by atoms with Crippen LogP contribution in [0.4, 0.5) is 83.7 Å². The molecule has 330 valence electrons. The van der Waals surface area contributed by atoms with Crippen molar-refractivity contribution in [3.8, 4) is 0 Å². The average molecular weight is 906 g/mol. The van der Waals surface area contributed by atoms with E-state index in [1.165, 1.54) is 18.2 Å². The Morgan fingerprint density at radius 2 is 1.08 bits per heavy atom. The van der Waals surface area contributed by atoms with Crippen molar-refractivity contribution in [1.29, 1.82) is 0 Å². The highest BCUT2D eigenvalue weighted by molar-refractivity contribution is 7.99. The van der Waals surface area contributed by atoms with Gasteiger partial charge in [-0.15, -0.1) is 15.3 Å².